The first-order valence-electron chi connectivity index (χ1n) is 9.36. The Hall–Kier alpha value is -2.94. The van der Waals surface area contributed by atoms with E-state index in [-0.39, 0.29) is 5.56 Å². The van der Waals surface area contributed by atoms with Gasteiger partial charge in [-0.3, -0.25) is 9.36 Å². The molecule has 0 unspecified atom stereocenters. The van der Waals surface area contributed by atoms with E-state index in [1.54, 1.807) is 23.7 Å². The molecule has 0 aliphatic rings. The molecular formula is C22H15ClN4O2S2. The van der Waals surface area contributed by atoms with Gasteiger partial charge in [0, 0.05) is 22.5 Å². The summed E-state index contributed by atoms with van der Waals surface area (Å²) in [5.74, 6) is 1.36. The Morgan fingerprint density at radius 1 is 1.06 bits per heavy atom. The fourth-order valence-corrected chi connectivity index (χ4v) is 5.08. The number of thioether (sulfide) groups is 1. The largest absolute Gasteiger partial charge is 0.338 e. The lowest BCUT2D eigenvalue weighted by molar-refractivity contribution is 0.391. The lowest BCUT2D eigenvalue weighted by Gasteiger charge is -2.05. The highest BCUT2D eigenvalue weighted by atomic mass is 35.5. The summed E-state index contributed by atoms with van der Waals surface area (Å²) in [5, 5.41) is 5.27. The average molecular weight is 467 g/mol. The third-order valence-electron chi connectivity index (χ3n) is 4.67. The number of thiophene rings is 1. The highest BCUT2D eigenvalue weighted by Crippen LogP contribution is 2.32. The second-order valence-corrected chi connectivity index (χ2v) is 9.19. The number of hydrogen-bond acceptors (Lipinski definition) is 7. The first kappa shape index (κ1) is 20.0. The Balaban J connectivity index is 1.40. The summed E-state index contributed by atoms with van der Waals surface area (Å²) in [4.78, 5) is 23.0. The second-order valence-electron chi connectivity index (χ2n) is 6.76. The van der Waals surface area contributed by atoms with Gasteiger partial charge in [-0.15, -0.1) is 11.3 Å². The molecule has 0 fully saturated rings. The van der Waals surface area contributed by atoms with E-state index in [0.717, 1.165) is 16.0 Å². The number of nitrogens with zero attached hydrogens (tertiary/aromatic N) is 4. The lowest BCUT2D eigenvalue weighted by Crippen LogP contribution is -2.18. The third-order valence-corrected chi connectivity index (χ3v) is 7.10. The van der Waals surface area contributed by atoms with Crippen LogP contribution in [-0.2, 0) is 12.8 Å². The SMILES string of the molecule is Cn1c(SCc2nc(-c3ccc(Cl)cc3)no2)nc2cc(-c3ccccc3)sc2c1=O. The second kappa shape index (κ2) is 8.30. The van der Waals surface area contributed by atoms with Gasteiger partial charge in [0.05, 0.1) is 11.3 Å². The topological polar surface area (TPSA) is 73.8 Å². The number of aromatic nitrogens is 4. The molecule has 0 spiro atoms. The van der Waals surface area contributed by atoms with E-state index in [1.807, 2.05) is 48.5 Å². The maximum atomic E-state index is 12.9. The maximum Gasteiger partial charge on any atom is 0.271 e. The van der Waals surface area contributed by atoms with Crippen LogP contribution in [-0.4, -0.2) is 19.7 Å². The van der Waals surface area contributed by atoms with Gasteiger partial charge in [0.1, 0.15) is 4.70 Å². The molecule has 31 heavy (non-hydrogen) atoms. The van der Waals surface area contributed by atoms with E-state index < -0.39 is 0 Å². The maximum absolute atomic E-state index is 12.9. The number of fused-ring (bicyclic) bond motifs is 1. The van der Waals surface area contributed by atoms with Crippen LogP contribution in [0.5, 0.6) is 0 Å². The molecule has 3 heterocycles. The zero-order chi connectivity index (χ0) is 21.4. The molecule has 154 valence electrons. The van der Waals surface area contributed by atoms with Crippen LogP contribution < -0.4 is 5.56 Å². The molecule has 9 heteroatoms. The summed E-state index contributed by atoms with van der Waals surface area (Å²) in [5.41, 5.74) is 2.53. The van der Waals surface area contributed by atoms with Crippen LogP contribution in [0.2, 0.25) is 5.02 Å². The van der Waals surface area contributed by atoms with Gasteiger partial charge < -0.3 is 4.52 Å². The first-order chi connectivity index (χ1) is 15.1. The molecule has 0 N–H and O–H groups in total. The number of rotatable bonds is 5. The smallest absolute Gasteiger partial charge is 0.271 e. The minimum Gasteiger partial charge on any atom is -0.338 e. The van der Waals surface area contributed by atoms with E-state index in [0.29, 0.717) is 37.9 Å². The van der Waals surface area contributed by atoms with Crippen molar-refractivity contribution in [2.45, 2.75) is 10.9 Å². The molecule has 0 saturated carbocycles. The lowest BCUT2D eigenvalue weighted by atomic mass is 10.2. The fourth-order valence-electron chi connectivity index (χ4n) is 3.06. The van der Waals surface area contributed by atoms with Crippen LogP contribution in [0.1, 0.15) is 5.89 Å². The van der Waals surface area contributed by atoms with Crippen molar-refractivity contribution in [1.82, 2.24) is 19.7 Å². The van der Waals surface area contributed by atoms with Gasteiger partial charge in [-0.25, -0.2) is 4.98 Å². The van der Waals surface area contributed by atoms with E-state index in [9.17, 15) is 4.79 Å². The standard InChI is InChI=1S/C22H15ClN4O2S2/c1-27-21(28)19-16(11-17(31-19)13-5-3-2-4-6-13)24-22(27)30-12-18-25-20(26-29-18)14-7-9-15(23)10-8-14/h2-11H,12H2,1H3. The normalized spacial score (nSPS) is 11.3. The quantitative estimate of drug-likeness (QED) is 0.246. The molecule has 0 radical (unpaired) electrons. The molecule has 0 bridgehead atoms. The Morgan fingerprint density at radius 2 is 1.84 bits per heavy atom. The highest BCUT2D eigenvalue weighted by molar-refractivity contribution is 7.98. The van der Waals surface area contributed by atoms with Crippen LogP contribution in [0, 0.1) is 0 Å². The monoisotopic (exact) mass is 466 g/mol. The van der Waals surface area contributed by atoms with Crippen molar-refractivity contribution in [2.75, 3.05) is 0 Å². The van der Waals surface area contributed by atoms with Crippen molar-refractivity contribution in [2.24, 2.45) is 7.05 Å². The third kappa shape index (κ3) is 4.01. The Morgan fingerprint density at radius 3 is 2.61 bits per heavy atom. The highest BCUT2D eigenvalue weighted by Gasteiger charge is 2.15. The molecule has 0 amide bonds. The van der Waals surface area contributed by atoms with Gasteiger partial charge in [0.15, 0.2) is 5.16 Å². The molecule has 5 aromatic rings. The summed E-state index contributed by atoms with van der Waals surface area (Å²) in [6.07, 6.45) is 0. The molecule has 0 atom stereocenters. The predicted octanol–water partition coefficient (Wildman–Crippen LogP) is 5.66. The van der Waals surface area contributed by atoms with Crippen molar-refractivity contribution in [3.63, 3.8) is 0 Å². The zero-order valence-corrected chi connectivity index (χ0v) is 18.7. The van der Waals surface area contributed by atoms with E-state index >= 15 is 0 Å². The van der Waals surface area contributed by atoms with E-state index in [1.165, 1.54) is 23.1 Å². The van der Waals surface area contributed by atoms with Gasteiger partial charge in [-0.1, -0.05) is 58.9 Å². The van der Waals surface area contributed by atoms with E-state index in [2.05, 4.69) is 10.1 Å². The minimum atomic E-state index is -0.0629. The van der Waals surface area contributed by atoms with Crippen LogP contribution in [0.3, 0.4) is 0 Å². The molecule has 6 nitrogen and oxygen atoms in total. The molecular weight excluding hydrogens is 452 g/mol. The van der Waals surface area contributed by atoms with Crippen LogP contribution in [0.25, 0.3) is 32.0 Å². The van der Waals surface area contributed by atoms with Gasteiger partial charge in [0.2, 0.25) is 11.7 Å². The Labute approximate surface area is 190 Å². The summed E-state index contributed by atoms with van der Waals surface area (Å²) in [6, 6.07) is 19.2. The molecule has 0 aliphatic carbocycles. The fraction of sp³-hybridized carbons (Fsp3) is 0.0909. The van der Waals surface area contributed by atoms with Crippen molar-refractivity contribution in [3.05, 3.63) is 81.9 Å². The number of benzene rings is 2. The van der Waals surface area contributed by atoms with Crippen molar-refractivity contribution >= 4 is 44.9 Å². The van der Waals surface area contributed by atoms with Crippen LogP contribution in [0.15, 0.2) is 75.1 Å². The average Bonchev–Trinajstić information content (AvgIpc) is 3.44. The summed E-state index contributed by atoms with van der Waals surface area (Å²) in [6.45, 7) is 0. The minimum absolute atomic E-state index is 0.0629. The summed E-state index contributed by atoms with van der Waals surface area (Å²) in [7, 11) is 1.73. The van der Waals surface area contributed by atoms with E-state index in [4.69, 9.17) is 21.1 Å². The zero-order valence-electron chi connectivity index (χ0n) is 16.3. The van der Waals surface area contributed by atoms with Gasteiger partial charge in [-0.2, -0.15) is 4.98 Å². The summed E-state index contributed by atoms with van der Waals surface area (Å²) >= 11 is 8.77. The van der Waals surface area contributed by atoms with Crippen molar-refractivity contribution < 1.29 is 4.52 Å². The van der Waals surface area contributed by atoms with Crippen LogP contribution in [0.4, 0.5) is 0 Å². The van der Waals surface area contributed by atoms with Crippen molar-refractivity contribution in [3.8, 4) is 21.8 Å². The summed E-state index contributed by atoms with van der Waals surface area (Å²) < 4.78 is 7.57. The number of hydrogen-bond donors (Lipinski definition) is 0. The van der Waals surface area contributed by atoms with Gasteiger partial charge >= 0.3 is 0 Å². The number of halogens is 1. The molecule has 0 saturated heterocycles. The molecule has 0 aliphatic heterocycles. The Kier molecular flexibility index (Phi) is 5.35. The van der Waals surface area contributed by atoms with Crippen LogP contribution >= 0.6 is 34.7 Å². The van der Waals surface area contributed by atoms with Crippen molar-refractivity contribution in [1.29, 1.82) is 0 Å². The molecule has 2 aromatic carbocycles. The predicted molar refractivity (Wildman–Crippen MR) is 125 cm³/mol. The van der Waals surface area contributed by atoms with Gasteiger partial charge in [0.25, 0.3) is 5.56 Å². The van der Waals surface area contributed by atoms with Gasteiger partial charge in [-0.05, 0) is 35.9 Å². The Bertz CT molecular complexity index is 1430. The first-order valence-corrected chi connectivity index (χ1v) is 11.5. The molecule has 5 rings (SSSR count). The molecule has 3 aromatic heterocycles.